The summed E-state index contributed by atoms with van der Waals surface area (Å²) >= 11 is 0. The molecule has 2 aliphatic rings. The van der Waals surface area contributed by atoms with E-state index in [1.165, 1.54) is 18.4 Å². The van der Waals surface area contributed by atoms with Crippen LogP contribution in [0.25, 0.3) is 0 Å². The summed E-state index contributed by atoms with van der Waals surface area (Å²) in [6.07, 6.45) is 3.67. The zero-order valence-electron chi connectivity index (χ0n) is 14.7. The number of benzene rings is 1. The van der Waals surface area contributed by atoms with Gasteiger partial charge in [0, 0.05) is 26.2 Å². The molecule has 3 rings (SSSR count). The number of amides is 1. The Labute approximate surface area is 151 Å². The zero-order valence-corrected chi connectivity index (χ0v) is 15.5. The quantitative estimate of drug-likeness (QED) is 0.907. The van der Waals surface area contributed by atoms with Crippen LogP contribution in [0.15, 0.2) is 30.3 Å². The molecule has 2 N–H and O–H groups in total. The lowest BCUT2D eigenvalue weighted by molar-refractivity contribution is -0.132. The molecule has 0 bridgehead atoms. The van der Waals surface area contributed by atoms with Crippen molar-refractivity contribution in [2.45, 2.75) is 38.3 Å². The number of nitrogens with two attached hydrogens (primary N) is 1. The van der Waals surface area contributed by atoms with Crippen LogP contribution >= 0.6 is 12.4 Å². The monoisotopic (exact) mass is 351 g/mol. The molecule has 1 aromatic rings. The maximum Gasteiger partial charge on any atom is 0.236 e. The van der Waals surface area contributed by atoms with Crippen LogP contribution in [0.1, 0.15) is 37.8 Å². The smallest absolute Gasteiger partial charge is 0.236 e. The van der Waals surface area contributed by atoms with Gasteiger partial charge in [0.15, 0.2) is 0 Å². The van der Waals surface area contributed by atoms with E-state index in [0.717, 1.165) is 19.5 Å². The van der Waals surface area contributed by atoms with Crippen LogP contribution in [-0.4, -0.2) is 48.4 Å². The van der Waals surface area contributed by atoms with Gasteiger partial charge in [0.25, 0.3) is 0 Å². The number of fused-ring (bicyclic) bond motifs is 1. The highest BCUT2D eigenvalue weighted by Gasteiger charge is 2.39. The van der Waals surface area contributed by atoms with Crippen molar-refractivity contribution in [2.75, 3.05) is 26.7 Å². The Bertz CT molecular complexity index is 539. The molecule has 1 aromatic carbocycles. The van der Waals surface area contributed by atoms with Gasteiger partial charge in [0.2, 0.25) is 5.91 Å². The minimum absolute atomic E-state index is 0. The predicted molar refractivity (Wildman–Crippen MR) is 100 cm³/mol. The number of carbonyl (C=O) groups is 1. The fourth-order valence-electron chi connectivity index (χ4n) is 4.21. The molecule has 4 atom stereocenters. The Balaban J connectivity index is 0.00000208. The van der Waals surface area contributed by atoms with Crippen molar-refractivity contribution < 1.29 is 4.79 Å². The number of nitrogens with zero attached hydrogens (tertiary/aromatic N) is 2. The number of halogens is 1. The van der Waals surface area contributed by atoms with E-state index < -0.39 is 0 Å². The molecule has 1 aliphatic heterocycles. The van der Waals surface area contributed by atoms with Crippen LogP contribution in [0.3, 0.4) is 0 Å². The van der Waals surface area contributed by atoms with E-state index in [2.05, 4.69) is 24.0 Å². The number of likely N-dealkylation sites (N-methyl/N-ethyl adjacent to an activating group) is 1. The Morgan fingerprint density at radius 3 is 2.67 bits per heavy atom. The van der Waals surface area contributed by atoms with Crippen LogP contribution in [0, 0.1) is 11.8 Å². The standard InChI is InChI=1S/C19H29N3O.ClH/c1-14(15-7-4-3-5-8-15)21(2)19(23)13-22-11-16-9-6-10-18(20)17(16)12-22;/h3-5,7-8,14,16-18H,6,9-13,20H2,1-2H3;1H. The molecule has 1 saturated carbocycles. The molecule has 1 saturated heterocycles. The maximum absolute atomic E-state index is 12.7. The Morgan fingerprint density at radius 1 is 1.29 bits per heavy atom. The number of likely N-dealkylation sites (tertiary alicyclic amines) is 1. The third-order valence-electron chi connectivity index (χ3n) is 5.84. The normalized spacial score (nSPS) is 27.9. The lowest BCUT2D eigenvalue weighted by Gasteiger charge is -2.30. The molecule has 5 heteroatoms. The van der Waals surface area contributed by atoms with E-state index in [9.17, 15) is 4.79 Å². The molecule has 134 valence electrons. The van der Waals surface area contributed by atoms with E-state index >= 15 is 0 Å². The van der Waals surface area contributed by atoms with Gasteiger partial charge in [-0.2, -0.15) is 0 Å². The lowest BCUT2D eigenvalue weighted by Crippen LogP contribution is -2.40. The van der Waals surface area contributed by atoms with Crippen molar-refractivity contribution in [3.05, 3.63) is 35.9 Å². The highest BCUT2D eigenvalue weighted by Crippen LogP contribution is 2.35. The topological polar surface area (TPSA) is 49.6 Å². The lowest BCUT2D eigenvalue weighted by atomic mass is 9.78. The summed E-state index contributed by atoms with van der Waals surface area (Å²) in [4.78, 5) is 16.8. The van der Waals surface area contributed by atoms with Crippen molar-refractivity contribution in [2.24, 2.45) is 17.6 Å². The summed E-state index contributed by atoms with van der Waals surface area (Å²) in [6, 6.07) is 10.7. The second-order valence-corrected chi connectivity index (χ2v) is 7.30. The highest BCUT2D eigenvalue weighted by molar-refractivity contribution is 5.85. The van der Waals surface area contributed by atoms with Crippen molar-refractivity contribution in [1.29, 1.82) is 0 Å². The second kappa shape index (κ2) is 8.32. The molecule has 0 radical (unpaired) electrons. The fourth-order valence-corrected chi connectivity index (χ4v) is 4.21. The third-order valence-corrected chi connectivity index (χ3v) is 5.84. The molecule has 1 amide bonds. The number of hydrogen-bond acceptors (Lipinski definition) is 3. The molecule has 1 aliphatic carbocycles. The molecule has 2 fully saturated rings. The zero-order chi connectivity index (χ0) is 16.4. The highest BCUT2D eigenvalue weighted by atomic mass is 35.5. The third kappa shape index (κ3) is 4.11. The molecular formula is C19H30ClN3O. The van der Waals surface area contributed by atoms with E-state index in [4.69, 9.17) is 5.73 Å². The van der Waals surface area contributed by atoms with Gasteiger partial charge in [-0.25, -0.2) is 0 Å². The molecule has 24 heavy (non-hydrogen) atoms. The van der Waals surface area contributed by atoms with Crippen LogP contribution in [0.4, 0.5) is 0 Å². The first-order valence-electron chi connectivity index (χ1n) is 8.85. The maximum atomic E-state index is 12.7. The van der Waals surface area contributed by atoms with Gasteiger partial charge in [-0.1, -0.05) is 36.8 Å². The van der Waals surface area contributed by atoms with Gasteiger partial charge in [0.1, 0.15) is 0 Å². The predicted octanol–water partition coefficient (Wildman–Crippen LogP) is 2.69. The summed E-state index contributed by atoms with van der Waals surface area (Å²) in [7, 11) is 1.91. The number of hydrogen-bond donors (Lipinski definition) is 1. The van der Waals surface area contributed by atoms with Crippen molar-refractivity contribution in [3.8, 4) is 0 Å². The Hall–Kier alpha value is -1.10. The molecular weight excluding hydrogens is 322 g/mol. The first kappa shape index (κ1) is 19.2. The van der Waals surface area contributed by atoms with Gasteiger partial charge >= 0.3 is 0 Å². The second-order valence-electron chi connectivity index (χ2n) is 7.30. The summed E-state index contributed by atoms with van der Waals surface area (Å²) in [5.74, 6) is 1.49. The average molecular weight is 352 g/mol. The summed E-state index contributed by atoms with van der Waals surface area (Å²) in [5, 5.41) is 0. The Morgan fingerprint density at radius 2 is 2.00 bits per heavy atom. The van der Waals surface area contributed by atoms with Crippen LogP contribution < -0.4 is 5.73 Å². The molecule has 0 aromatic heterocycles. The van der Waals surface area contributed by atoms with Gasteiger partial charge in [-0.05, 0) is 37.2 Å². The van der Waals surface area contributed by atoms with Gasteiger partial charge in [-0.3, -0.25) is 9.69 Å². The summed E-state index contributed by atoms with van der Waals surface area (Å²) in [6.45, 7) is 4.64. The van der Waals surface area contributed by atoms with Gasteiger partial charge in [-0.15, -0.1) is 12.4 Å². The number of carbonyl (C=O) groups excluding carboxylic acids is 1. The van der Waals surface area contributed by atoms with Crippen molar-refractivity contribution in [1.82, 2.24) is 9.80 Å². The van der Waals surface area contributed by atoms with Gasteiger partial charge < -0.3 is 10.6 Å². The first-order chi connectivity index (χ1) is 11.1. The average Bonchev–Trinajstić information content (AvgIpc) is 2.98. The minimum atomic E-state index is 0. The minimum Gasteiger partial charge on any atom is -0.338 e. The van der Waals surface area contributed by atoms with E-state index in [1.54, 1.807) is 0 Å². The molecule has 4 unspecified atom stereocenters. The largest absolute Gasteiger partial charge is 0.338 e. The number of rotatable bonds is 4. The van der Waals surface area contributed by atoms with Crippen LogP contribution in [0.2, 0.25) is 0 Å². The molecule has 4 nitrogen and oxygen atoms in total. The van der Waals surface area contributed by atoms with E-state index in [-0.39, 0.29) is 24.4 Å². The van der Waals surface area contributed by atoms with Crippen LogP contribution in [-0.2, 0) is 4.79 Å². The van der Waals surface area contributed by atoms with Crippen molar-refractivity contribution >= 4 is 18.3 Å². The molecule has 0 spiro atoms. The SMILES string of the molecule is CC(c1ccccc1)N(C)C(=O)CN1CC2CCCC(N)C2C1.Cl. The fraction of sp³-hybridized carbons (Fsp3) is 0.632. The van der Waals surface area contributed by atoms with E-state index in [0.29, 0.717) is 24.4 Å². The summed E-state index contributed by atoms with van der Waals surface area (Å²) in [5.41, 5.74) is 7.46. The van der Waals surface area contributed by atoms with Crippen LogP contribution in [0.5, 0.6) is 0 Å². The first-order valence-corrected chi connectivity index (χ1v) is 8.85. The summed E-state index contributed by atoms with van der Waals surface area (Å²) < 4.78 is 0. The van der Waals surface area contributed by atoms with Crippen molar-refractivity contribution in [3.63, 3.8) is 0 Å². The van der Waals surface area contributed by atoms with E-state index in [1.807, 2.05) is 30.1 Å². The molecule has 1 heterocycles. The van der Waals surface area contributed by atoms with Gasteiger partial charge in [0.05, 0.1) is 12.6 Å². The Kier molecular flexibility index (Phi) is 6.67.